The minimum Gasteiger partial charge on any atom is -0.343 e. The minimum atomic E-state index is 0.177. The van der Waals surface area contributed by atoms with Gasteiger partial charge in [-0.2, -0.15) is 0 Å². The predicted octanol–water partition coefficient (Wildman–Crippen LogP) is 1.84. The van der Waals surface area contributed by atoms with Crippen LogP contribution in [0.25, 0.3) is 0 Å². The number of rotatable bonds is 7. The van der Waals surface area contributed by atoms with Crippen LogP contribution in [0.15, 0.2) is 0 Å². The van der Waals surface area contributed by atoms with Gasteiger partial charge in [-0.05, 0) is 39.7 Å². The summed E-state index contributed by atoms with van der Waals surface area (Å²) in [5.74, 6) is 0.283. The Kier molecular flexibility index (Phi) is 7.39. The van der Waals surface area contributed by atoms with E-state index in [1.54, 1.807) is 0 Å². The van der Waals surface area contributed by atoms with Crippen LogP contribution in [0.2, 0.25) is 0 Å². The Bertz CT molecular complexity index is 264. The van der Waals surface area contributed by atoms with E-state index in [0.717, 1.165) is 32.4 Å². The molecule has 2 atom stereocenters. The van der Waals surface area contributed by atoms with E-state index in [1.807, 2.05) is 4.90 Å². The normalized spacial score (nSPS) is 19.5. The summed E-state index contributed by atoms with van der Waals surface area (Å²) in [6.07, 6.45) is 6.47. The maximum absolute atomic E-state index is 12.3. The highest BCUT2D eigenvalue weighted by Gasteiger charge is 2.24. The molecule has 0 radical (unpaired) electrons. The van der Waals surface area contributed by atoms with Gasteiger partial charge in [0.2, 0.25) is 5.91 Å². The first-order valence-electron chi connectivity index (χ1n) is 7.79. The second kappa shape index (κ2) is 8.54. The van der Waals surface area contributed by atoms with E-state index >= 15 is 0 Å². The molecule has 1 aliphatic heterocycles. The van der Waals surface area contributed by atoms with Crippen molar-refractivity contribution in [2.24, 2.45) is 5.73 Å². The molecule has 0 aromatic heterocycles. The Labute approximate surface area is 118 Å². The number of likely N-dealkylation sites (N-methyl/N-ethyl adjacent to an activating group) is 1. The van der Waals surface area contributed by atoms with Crippen molar-refractivity contribution in [2.75, 3.05) is 26.7 Å². The molecule has 0 aromatic rings. The Morgan fingerprint density at radius 1 is 1.32 bits per heavy atom. The number of piperidine rings is 1. The molecule has 0 aliphatic carbocycles. The molecule has 1 amide bonds. The summed E-state index contributed by atoms with van der Waals surface area (Å²) in [5, 5.41) is 0. The summed E-state index contributed by atoms with van der Waals surface area (Å²) in [6, 6.07) is 0.670. The van der Waals surface area contributed by atoms with Crippen molar-refractivity contribution in [3.63, 3.8) is 0 Å². The van der Waals surface area contributed by atoms with Crippen LogP contribution >= 0.6 is 0 Å². The number of carbonyl (C=O) groups excluding carboxylic acids is 1. The van der Waals surface area contributed by atoms with E-state index < -0.39 is 0 Å². The fourth-order valence-corrected chi connectivity index (χ4v) is 2.85. The summed E-state index contributed by atoms with van der Waals surface area (Å²) in [6.45, 7) is 6.84. The molecular weight excluding hydrogens is 238 g/mol. The molecule has 4 nitrogen and oxygen atoms in total. The number of amides is 1. The lowest BCUT2D eigenvalue weighted by atomic mass is 10.1. The Morgan fingerprint density at radius 3 is 2.47 bits per heavy atom. The van der Waals surface area contributed by atoms with Crippen LogP contribution in [0.4, 0.5) is 0 Å². The number of hydrogen-bond donors (Lipinski definition) is 1. The lowest BCUT2D eigenvalue weighted by Crippen LogP contribution is -2.47. The highest BCUT2D eigenvalue weighted by Crippen LogP contribution is 2.14. The van der Waals surface area contributed by atoms with Crippen molar-refractivity contribution < 1.29 is 4.79 Å². The van der Waals surface area contributed by atoms with Gasteiger partial charge in [0, 0.05) is 38.1 Å². The van der Waals surface area contributed by atoms with Gasteiger partial charge in [0.05, 0.1) is 0 Å². The van der Waals surface area contributed by atoms with Gasteiger partial charge in [0.1, 0.15) is 0 Å². The van der Waals surface area contributed by atoms with Gasteiger partial charge >= 0.3 is 0 Å². The molecule has 4 heteroatoms. The molecule has 1 fully saturated rings. The van der Waals surface area contributed by atoms with Crippen LogP contribution in [-0.4, -0.2) is 54.5 Å². The predicted molar refractivity (Wildman–Crippen MR) is 80.0 cm³/mol. The highest BCUT2D eigenvalue weighted by atomic mass is 16.2. The van der Waals surface area contributed by atoms with Crippen LogP contribution in [0, 0.1) is 0 Å². The molecular formula is C15H31N3O. The van der Waals surface area contributed by atoms with Crippen molar-refractivity contribution >= 4 is 5.91 Å². The average molecular weight is 269 g/mol. The summed E-state index contributed by atoms with van der Waals surface area (Å²) in [7, 11) is 2.10. The minimum absolute atomic E-state index is 0.177. The van der Waals surface area contributed by atoms with Gasteiger partial charge < -0.3 is 10.6 Å². The quantitative estimate of drug-likeness (QED) is 0.767. The zero-order valence-electron chi connectivity index (χ0n) is 12.9. The van der Waals surface area contributed by atoms with Gasteiger partial charge in [-0.25, -0.2) is 0 Å². The number of carbonyl (C=O) groups is 1. The van der Waals surface area contributed by atoms with Gasteiger partial charge in [-0.3, -0.25) is 9.69 Å². The molecule has 112 valence electrons. The van der Waals surface area contributed by atoms with Gasteiger partial charge in [0.15, 0.2) is 0 Å². The van der Waals surface area contributed by atoms with E-state index in [2.05, 4.69) is 25.8 Å². The molecule has 0 aromatic carbocycles. The second-order valence-electron chi connectivity index (χ2n) is 5.84. The fraction of sp³-hybridized carbons (Fsp3) is 0.933. The molecule has 1 heterocycles. The van der Waals surface area contributed by atoms with Crippen LogP contribution in [0.5, 0.6) is 0 Å². The fourth-order valence-electron chi connectivity index (χ4n) is 2.85. The molecule has 2 unspecified atom stereocenters. The molecule has 2 N–H and O–H groups in total. The number of nitrogens with zero attached hydrogens (tertiary/aromatic N) is 2. The Morgan fingerprint density at radius 2 is 1.95 bits per heavy atom. The first-order valence-corrected chi connectivity index (χ1v) is 7.79. The molecule has 1 aliphatic rings. The Hall–Kier alpha value is -0.610. The number of nitrogens with two attached hydrogens (primary N) is 1. The maximum Gasteiger partial charge on any atom is 0.224 e. The summed E-state index contributed by atoms with van der Waals surface area (Å²) >= 11 is 0. The molecule has 1 rings (SSSR count). The Balaban J connectivity index is 2.47. The van der Waals surface area contributed by atoms with Crippen molar-refractivity contribution in [1.82, 2.24) is 9.80 Å². The van der Waals surface area contributed by atoms with Gasteiger partial charge in [-0.15, -0.1) is 0 Å². The molecule has 19 heavy (non-hydrogen) atoms. The largest absolute Gasteiger partial charge is 0.343 e. The summed E-state index contributed by atoms with van der Waals surface area (Å²) in [4.78, 5) is 16.6. The lowest BCUT2D eigenvalue weighted by Gasteiger charge is -2.34. The standard InChI is InChI=1S/C15H31N3O/c1-4-8-13(2)17(3)14(12-16)11-15(19)18-9-6-5-7-10-18/h13-14H,4-12,16H2,1-3H3. The number of likely N-dealkylation sites (tertiary alicyclic amines) is 1. The van der Waals surface area contributed by atoms with Gasteiger partial charge in [0.25, 0.3) is 0 Å². The van der Waals surface area contributed by atoms with Crippen LogP contribution < -0.4 is 5.73 Å². The zero-order chi connectivity index (χ0) is 14.3. The van der Waals surface area contributed by atoms with E-state index in [9.17, 15) is 4.79 Å². The van der Waals surface area contributed by atoms with Crippen LogP contribution in [-0.2, 0) is 4.79 Å². The van der Waals surface area contributed by atoms with E-state index in [0.29, 0.717) is 19.0 Å². The first kappa shape index (κ1) is 16.4. The number of hydrogen-bond acceptors (Lipinski definition) is 3. The summed E-state index contributed by atoms with van der Waals surface area (Å²) in [5.41, 5.74) is 5.87. The molecule has 0 saturated carbocycles. The van der Waals surface area contributed by atoms with Crippen molar-refractivity contribution in [2.45, 2.75) is 64.5 Å². The third-order valence-corrected chi connectivity index (χ3v) is 4.37. The average Bonchev–Trinajstić information content (AvgIpc) is 2.45. The molecule has 0 bridgehead atoms. The van der Waals surface area contributed by atoms with Crippen LogP contribution in [0.1, 0.15) is 52.4 Å². The second-order valence-corrected chi connectivity index (χ2v) is 5.84. The highest BCUT2D eigenvalue weighted by molar-refractivity contribution is 5.76. The topological polar surface area (TPSA) is 49.6 Å². The molecule has 1 saturated heterocycles. The zero-order valence-corrected chi connectivity index (χ0v) is 12.9. The van der Waals surface area contributed by atoms with Crippen molar-refractivity contribution in [1.29, 1.82) is 0 Å². The smallest absolute Gasteiger partial charge is 0.224 e. The van der Waals surface area contributed by atoms with E-state index in [-0.39, 0.29) is 11.9 Å². The van der Waals surface area contributed by atoms with Crippen LogP contribution in [0.3, 0.4) is 0 Å². The molecule has 0 spiro atoms. The van der Waals surface area contributed by atoms with E-state index in [1.165, 1.54) is 12.8 Å². The SMILES string of the molecule is CCCC(C)N(C)C(CN)CC(=O)N1CCCCC1. The van der Waals surface area contributed by atoms with Gasteiger partial charge in [-0.1, -0.05) is 13.3 Å². The maximum atomic E-state index is 12.3. The van der Waals surface area contributed by atoms with E-state index in [4.69, 9.17) is 5.73 Å². The lowest BCUT2D eigenvalue weighted by molar-refractivity contribution is -0.133. The van der Waals surface area contributed by atoms with Crippen molar-refractivity contribution in [3.05, 3.63) is 0 Å². The van der Waals surface area contributed by atoms with Crippen molar-refractivity contribution in [3.8, 4) is 0 Å². The third kappa shape index (κ3) is 5.11. The first-order chi connectivity index (χ1) is 9.10. The summed E-state index contributed by atoms with van der Waals surface area (Å²) < 4.78 is 0. The monoisotopic (exact) mass is 269 g/mol. The third-order valence-electron chi connectivity index (χ3n) is 4.37.